The van der Waals surface area contributed by atoms with Crippen molar-refractivity contribution in [2.75, 3.05) is 19.7 Å². The summed E-state index contributed by atoms with van der Waals surface area (Å²) in [5, 5.41) is 19.4. The highest BCUT2D eigenvalue weighted by molar-refractivity contribution is 9.10. The maximum absolute atomic E-state index is 11.8. The number of aliphatic carboxylic acids is 1. The van der Waals surface area contributed by atoms with E-state index in [9.17, 15) is 15.0 Å². The lowest BCUT2D eigenvalue weighted by Gasteiger charge is -2.30. The Hall–Kier alpha value is -0.910. The molecule has 116 valence electrons. The van der Waals surface area contributed by atoms with Gasteiger partial charge in [0.1, 0.15) is 6.04 Å². The van der Waals surface area contributed by atoms with E-state index < -0.39 is 12.0 Å². The van der Waals surface area contributed by atoms with Crippen molar-refractivity contribution in [2.24, 2.45) is 5.41 Å². The lowest BCUT2D eigenvalue weighted by molar-refractivity contribution is -0.143. The summed E-state index contributed by atoms with van der Waals surface area (Å²) in [5.74, 6) is -0.841. The molecule has 4 nitrogen and oxygen atoms in total. The van der Waals surface area contributed by atoms with Gasteiger partial charge in [-0.15, -0.1) is 0 Å². The van der Waals surface area contributed by atoms with E-state index in [0.29, 0.717) is 13.1 Å². The number of carbonyl (C=O) groups is 1. The second-order valence-electron chi connectivity index (χ2n) is 5.89. The molecule has 0 saturated carbocycles. The first-order valence-electron chi connectivity index (χ1n) is 7.35. The number of halogens is 1. The molecule has 0 amide bonds. The van der Waals surface area contributed by atoms with Crippen molar-refractivity contribution >= 4 is 21.9 Å². The highest BCUT2D eigenvalue weighted by Gasteiger charge is 2.42. The highest BCUT2D eigenvalue weighted by atomic mass is 79.9. The highest BCUT2D eigenvalue weighted by Crippen LogP contribution is 2.40. The number of hydrogen-bond acceptors (Lipinski definition) is 3. The Morgan fingerprint density at radius 1 is 1.48 bits per heavy atom. The van der Waals surface area contributed by atoms with E-state index in [1.54, 1.807) is 0 Å². The van der Waals surface area contributed by atoms with Crippen LogP contribution in [0.2, 0.25) is 0 Å². The van der Waals surface area contributed by atoms with Crippen LogP contribution in [-0.4, -0.2) is 40.8 Å². The van der Waals surface area contributed by atoms with E-state index in [2.05, 4.69) is 22.9 Å². The average Bonchev–Trinajstić information content (AvgIpc) is 2.86. The number of rotatable bonds is 6. The number of nitrogens with zero attached hydrogens (tertiary/aromatic N) is 1. The van der Waals surface area contributed by atoms with Gasteiger partial charge < -0.3 is 10.2 Å². The number of benzene rings is 1. The fraction of sp³-hybridized carbons (Fsp3) is 0.562. The van der Waals surface area contributed by atoms with E-state index >= 15 is 0 Å². The first-order valence-corrected chi connectivity index (χ1v) is 8.14. The minimum atomic E-state index is -0.841. The third-order valence-corrected chi connectivity index (χ3v) is 5.10. The summed E-state index contributed by atoms with van der Waals surface area (Å²) in [7, 11) is 0. The molecule has 0 aliphatic carbocycles. The second kappa shape index (κ2) is 6.90. The van der Waals surface area contributed by atoms with Crippen LogP contribution in [0.3, 0.4) is 0 Å². The van der Waals surface area contributed by atoms with Crippen LogP contribution in [0, 0.1) is 5.41 Å². The predicted octanol–water partition coefficient (Wildman–Crippen LogP) is 3.06. The molecule has 2 rings (SSSR count). The van der Waals surface area contributed by atoms with Gasteiger partial charge in [0.15, 0.2) is 0 Å². The third kappa shape index (κ3) is 3.47. The van der Waals surface area contributed by atoms with Crippen molar-refractivity contribution < 1.29 is 15.0 Å². The molecule has 1 fully saturated rings. The average molecular weight is 356 g/mol. The Balaban J connectivity index is 2.26. The summed E-state index contributed by atoms with van der Waals surface area (Å²) in [6.45, 7) is 3.57. The van der Waals surface area contributed by atoms with Crippen LogP contribution in [0.4, 0.5) is 0 Å². The number of likely N-dealkylation sites (tertiary alicyclic amines) is 1. The van der Waals surface area contributed by atoms with Crippen molar-refractivity contribution in [1.82, 2.24) is 4.90 Å². The molecule has 0 aromatic heterocycles. The molecule has 1 aromatic carbocycles. The Morgan fingerprint density at radius 2 is 2.19 bits per heavy atom. The van der Waals surface area contributed by atoms with Gasteiger partial charge in [0.05, 0.1) is 0 Å². The summed E-state index contributed by atoms with van der Waals surface area (Å²) in [5.41, 5.74) is 0.624. The largest absolute Gasteiger partial charge is 0.480 e. The minimum Gasteiger partial charge on any atom is -0.480 e. The van der Waals surface area contributed by atoms with Gasteiger partial charge in [-0.25, -0.2) is 0 Å². The van der Waals surface area contributed by atoms with Crippen molar-refractivity contribution in [3.8, 4) is 0 Å². The maximum atomic E-state index is 11.8. The fourth-order valence-corrected chi connectivity index (χ4v) is 3.82. The molecular formula is C16H22BrNO3. The molecule has 0 spiro atoms. The Bertz CT molecular complexity index is 508. The van der Waals surface area contributed by atoms with Crippen molar-refractivity contribution in [1.29, 1.82) is 0 Å². The number of carboxylic acid groups (broad SMARTS) is 1. The molecule has 1 aliphatic heterocycles. The number of hydrogen-bond donors (Lipinski definition) is 2. The van der Waals surface area contributed by atoms with Crippen LogP contribution >= 0.6 is 15.9 Å². The number of aliphatic hydroxyl groups is 1. The molecule has 0 bridgehead atoms. The third-order valence-electron chi connectivity index (χ3n) is 4.38. The topological polar surface area (TPSA) is 60.8 Å². The molecule has 5 heteroatoms. The van der Waals surface area contributed by atoms with Crippen LogP contribution < -0.4 is 0 Å². The Kier molecular flexibility index (Phi) is 5.41. The SMILES string of the molecule is CCCC1(CO)CCN(C(C(=O)O)c2ccccc2Br)C1. The fourth-order valence-electron chi connectivity index (χ4n) is 3.32. The van der Waals surface area contributed by atoms with Crippen LogP contribution in [0.5, 0.6) is 0 Å². The number of aliphatic hydroxyl groups excluding tert-OH is 1. The lowest BCUT2D eigenvalue weighted by atomic mass is 9.83. The first kappa shape index (κ1) is 16.5. The first-order chi connectivity index (χ1) is 10.0. The van der Waals surface area contributed by atoms with Gasteiger partial charge in [-0.3, -0.25) is 9.69 Å². The number of carboxylic acids is 1. The van der Waals surface area contributed by atoms with Crippen molar-refractivity contribution in [3.63, 3.8) is 0 Å². The molecule has 1 aromatic rings. The zero-order valence-corrected chi connectivity index (χ0v) is 13.8. The van der Waals surface area contributed by atoms with E-state index in [-0.39, 0.29) is 12.0 Å². The second-order valence-corrected chi connectivity index (χ2v) is 6.75. The zero-order valence-electron chi connectivity index (χ0n) is 12.3. The molecule has 2 N–H and O–H groups in total. The van der Waals surface area contributed by atoms with Gasteiger partial charge in [0, 0.05) is 23.0 Å². The van der Waals surface area contributed by atoms with Crippen molar-refractivity contribution in [3.05, 3.63) is 34.3 Å². The monoisotopic (exact) mass is 355 g/mol. The predicted molar refractivity (Wildman–Crippen MR) is 85.1 cm³/mol. The Morgan fingerprint density at radius 3 is 2.76 bits per heavy atom. The van der Waals surface area contributed by atoms with Gasteiger partial charge >= 0.3 is 5.97 Å². The molecular weight excluding hydrogens is 334 g/mol. The van der Waals surface area contributed by atoms with E-state index in [0.717, 1.165) is 29.3 Å². The lowest BCUT2D eigenvalue weighted by Crippen LogP contribution is -2.36. The standard InChI is InChI=1S/C16H22BrNO3/c1-2-7-16(11-19)8-9-18(10-16)14(15(20)21)12-5-3-4-6-13(12)17/h3-6,14,19H,2,7-11H2,1H3,(H,20,21). The molecule has 1 aliphatic rings. The summed E-state index contributed by atoms with van der Waals surface area (Å²) in [6.07, 6.45) is 2.79. The van der Waals surface area contributed by atoms with Crippen LogP contribution in [0.1, 0.15) is 37.8 Å². The van der Waals surface area contributed by atoms with Crippen molar-refractivity contribution in [2.45, 2.75) is 32.2 Å². The summed E-state index contributed by atoms with van der Waals surface area (Å²) in [6, 6.07) is 6.79. The quantitative estimate of drug-likeness (QED) is 0.823. The van der Waals surface area contributed by atoms with Gasteiger partial charge in [0.25, 0.3) is 0 Å². The van der Waals surface area contributed by atoms with Gasteiger partial charge in [-0.2, -0.15) is 0 Å². The normalized spacial score (nSPS) is 24.1. The molecule has 2 atom stereocenters. The van der Waals surface area contributed by atoms with E-state index in [1.165, 1.54) is 0 Å². The summed E-state index contributed by atoms with van der Waals surface area (Å²) in [4.78, 5) is 13.8. The Labute approximate surface area is 133 Å². The minimum absolute atomic E-state index is 0.125. The van der Waals surface area contributed by atoms with Crippen LogP contribution in [0.25, 0.3) is 0 Å². The van der Waals surface area contributed by atoms with Gasteiger partial charge in [0.2, 0.25) is 0 Å². The zero-order chi connectivity index (χ0) is 15.5. The van der Waals surface area contributed by atoms with Crippen LogP contribution in [-0.2, 0) is 4.79 Å². The van der Waals surface area contributed by atoms with E-state index in [1.807, 2.05) is 29.2 Å². The molecule has 0 radical (unpaired) electrons. The molecule has 1 heterocycles. The molecule has 1 saturated heterocycles. The van der Waals surface area contributed by atoms with Gasteiger partial charge in [-0.1, -0.05) is 47.5 Å². The smallest absolute Gasteiger partial charge is 0.325 e. The molecule has 21 heavy (non-hydrogen) atoms. The van der Waals surface area contributed by atoms with Crippen LogP contribution in [0.15, 0.2) is 28.7 Å². The van der Waals surface area contributed by atoms with Gasteiger partial charge in [-0.05, 0) is 31.0 Å². The summed E-state index contributed by atoms with van der Waals surface area (Å²) < 4.78 is 0.814. The molecule has 2 unspecified atom stereocenters. The maximum Gasteiger partial charge on any atom is 0.325 e. The van der Waals surface area contributed by atoms with E-state index in [4.69, 9.17) is 0 Å². The summed E-state index contributed by atoms with van der Waals surface area (Å²) >= 11 is 3.45.